The molecule has 0 amide bonds. The first kappa shape index (κ1) is 21.9. The molecule has 0 heterocycles. The van der Waals surface area contributed by atoms with E-state index in [0.29, 0.717) is 19.8 Å². The Morgan fingerprint density at radius 1 is 0.714 bits per heavy atom. The third kappa shape index (κ3) is 9.63. The fourth-order valence-electron chi connectivity index (χ4n) is 2.49. The molecule has 128 valence electrons. The van der Waals surface area contributed by atoms with E-state index in [1.165, 1.54) is 44.9 Å². The van der Waals surface area contributed by atoms with Crippen LogP contribution in [-0.2, 0) is 27.7 Å². The van der Waals surface area contributed by atoms with Crippen molar-refractivity contribution >= 4 is 12.6 Å². The van der Waals surface area contributed by atoms with E-state index in [9.17, 15) is 0 Å². The van der Waals surface area contributed by atoms with Gasteiger partial charge in [0.2, 0.25) is 0 Å². The number of rotatable bonds is 15. The molecule has 0 fully saturated rings. The maximum absolute atomic E-state index is 5.95. The molecule has 0 saturated carbocycles. The molecule has 0 aromatic carbocycles. The van der Waals surface area contributed by atoms with E-state index in [2.05, 4.69) is 6.92 Å². The molecule has 0 aliphatic carbocycles. The van der Waals surface area contributed by atoms with E-state index < -0.39 is 17.8 Å². The molecule has 0 aliphatic rings. The van der Waals surface area contributed by atoms with Gasteiger partial charge >= 0.3 is 143 Å². The van der Waals surface area contributed by atoms with Crippen LogP contribution in [0.25, 0.3) is 0 Å². The molecule has 5 heteroatoms. The summed E-state index contributed by atoms with van der Waals surface area (Å²) in [5.74, 6) is 0. The molecule has 0 radical (unpaired) electrons. The van der Waals surface area contributed by atoms with Gasteiger partial charge in [0.15, 0.2) is 0 Å². The Hall–Kier alpha value is 0.944. The van der Waals surface area contributed by atoms with Crippen molar-refractivity contribution in [2.75, 3.05) is 19.8 Å². The minimum atomic E-state index is -3.19. The Kier molecular flexibility index (Phi) is 15.2. The molecule has 0 spiro atoms. The van der Waals surface area contributed by atoms with E-state index in [1.54, 1.807) is 0 Å². The maximum atomic E-state index is 5.95. The standard InChI is InChI=1S/C10H21S.3C2H5O.Ti/c1-2-3-4-5-6-7-8-9-10-11;3*1-2-3;/h10-11H,2-9H2,1H3;3*2H2,1H3;/q;3*-1;+3. The number of thiol groups is 1. The SMILES string of the molecule is CCCCCCCCC[CH](S)[Ti]([O]CC)([O]CC)[O]CC. The van der Waals surface area contributed by atoms with Crippen molar-refractivity contribution in [3.05, 3.63) is 0 Å². The molecule has 1 unspecified atom stereocenters. The van der Waals surface area contributed by atoms with E-state index >= 15 is 0 Å². The number of hydrogen-bond donors (Lipinski definition) is 1. The van der Waals surface area contributed by atoms with Crippen LogP contribution in [0.1, 0.15) is 79.1 Å². The first-order chi connectivity index (χ1) is 10.2. The normalized spacial score (nSPS) is 13.6. The fourth-order valence-corrected chi connectivity index (χ4v) is 7.64. The average molecular weight is 356 g/mol. The summed E-state index contributed by atoms with van der Waals surface area (Å²) in [5.41, 5.74) is 0. The molecule has 1 atom stereocenters. The van der Waals surface area contributed by atoms with Crippen LogP contribution in [0.15, 0.2) is 0 Å². The molecule has 0 aromatic heterocycles. The molecule has 3 nitrogen and oxygen atoms in total. The monoisotopic (exact) mass is 356 g/mol. The van der Waals surface area contributed by atoms with Crippen molar-refractivity contribution in [1.82, 2.24) is 0 Å². The zero-order valence-corrected chi connectivity index (χ0v) is 17.0. The van der Waals surface area contributed by atoms with Gasteiger partial charge < -0.3 is 0 Å². The molecular formula is C16H36O3STi. The van der Waals surface area contributed by atoms with Gasteiger partial charge in [-0.15, -0.1) is 0 Å². The second-order valence-electron chi connectivity index (χ2n) is 5.33. The van der Waals surface area contributed by atoms with Crippen LogP contribution >= 0.6 is 12.6 Å². The van der Waals surface area contributed by atoms with E-state index in [0.717, 1.165) is 6.42 Å². The van der Waals surface area contributed by atoms with Crippen molar-refractivity contribution in [3.8, 4) is 0 Å². The predicted molar refractivity (Wildman–Crippen MR) is 90.3 cm³/mol. The Morgan fingerprint density at radius 3 is 1.57 bits per heavy atom. The van der Waals surface area contributed by atoms with Gasteiger partial charge in [0.25, 0.3) is 0 Å². The van der Waals surface area contributed by atoms with Crippen molar-refractivity contribution in [3.63, 3.8) is 0 Å². The number of unbranched alkanes of at least 4 members (excludes halogenated alkanes) is 6. The quantitative estimate of drug-likeness (QED) is 0.242. The molecule has 0 aromatic rings. The first-order valence-electron chi connectivity index (χ1n) is 8.76. The first-order valence-corrected chi connectivity index (χ1v) is 12.1. The van der Waals surface area contributed by atoms with Gasteiger partial charge in [-0.25, -0.2) is 0 Å². The molecule has 0 aliphatic heterocycles. The van der Waals surface area contributed by atoms with Gasteiger partial charge in [0, 0.05) is 0 Å². The fraction of sp³-hybridized carbons (Fsp3) is 1.00. The average Bonchev–Trinajstić information content (AvgIpc) is 2.46. The predicted octanol–water partition coefficient (Wildman–Crippen LogP) is 5.39. The van der Waals surface area contributed by atoms with Crippen LogP contribution in [0.3, 0.4) is 0 Å². The Morgan fingerprint density at radius 2 is 1.14 bits per heavy atom. The molecule has 0 bridgehead atoms. The van der Waals surface area contributed by atoms with Gasteiger partial charge in [-0.05, 0) is 0 Å². The second kappa shape index (κ2) is 14.5. The third-order valence-corrected chi connectivity index (χ3v) is 10.1. The van der Waals surface area contributed by atoms with Crippen LogP contribution in [0, 0.1) is 0 Å². The van der Waals surface area contributed by atoms with E-state index in [4.69, 9.17) is 22.6 Å². The van der Waals surface area contributed by atoms with Crippen LogP contribution < -0.4 is 0 Å². The van der Waals surface area contributed by atoms with Crippen LogP contribution in [0.2, 0.25) is 0 Å². The van der Waals surface area contributed by atoms with Gasteiger partial charge in [-0.3, -0.25) is 0 Å². The molecular weight excluding hydrogens is 320 g/mol. The summed E-state index contributed by atoms with van der Waals surface area (Å²) in [5, 5.41) is 0. The van der Waals surface area contributed by atoms with Crippen molar-refractivity contribution in [2.45, 2.75) is 82.6 Å². The van der Waals surface area contributed by atoms with Crippen molar-refractivity contribution < 1.29 is 27.7 Å². The minimum absolute atomic E-state index is 0.139. The van der Waals surface area contributed by atoms with Gasteiger partial charge in [-0.1, -0.05) is 0 Å². The van der Waals surface area contributed by atoms with Crippen molar-refractivity contribution in [2.24, 2.45) is 0 Å². The van der Waals surface area contributed by atoms with Crippen LogP contribution in [-0.4, -0.2) is 23.4 Å². The summed E-state index contributed by atoms with van der Waals surface area (Å²) < 4.78 is 18.0. The van der Waals surface area contributed by atoms with Crippen molar-refractivity contribution in [1.29, 1.82) is 0 Å². The molecule has 0 saturated heterocycles. The van der Waals surface area contributed by atoms with Gasteiger partial charge in [0.1, 0.15) is 0 Å². The van der Waals surface area contributed by atoms with Gasteiger partial charge in [-0.2, -0.15) is 0 Å². The summed E-state index contributed by atoms with van der Waals surface area (Å²) in [4.78, 5) is 0. The summed E-state index contributed by atoms with van der Waals surface area (Å²) in [7, 11) is 0. The second-order valence-corrected chi connectivity index (χ2v) is 11.0. The molecule has 21 heavy (non-hydrogen) atoms. The number of hydrogen-bond acceptors (Lipinski definition) is 4. The Labute approximate surface area is 142 Å². The summed E-state index contributed by atoms with van der Waals surface area (Å²) in [6.07, 6.45) is 10.3. The molecule has 0 rings (SSSR count). The zero-order chi connectivity index (χ0) is 16.0. The van der Waals surface area contributed by atoms with Crippen LogP contribution in [0.4, 0.5) is 0 Å². The van der Waals surface area contributed by atoms with Crippen LogP contribution in [0.5, 0.6) is 0 Å². The molecule has 0 N–H and O–H groups in total. The topological polar surface area (TPSA) is 27.7 Å². The van der Waals surface area contributed by atoms with E-state index in [-0.39, 0.29) is 3.55 Å². The summed E-state index contributed by atoms with van der Waals surface area (Å²) >= 11 is 1.59. The van der Waals surface area contributed by atoms with Gasteiger partial charge in [0.05, 0.1) is 0 Å². The third-order valence-electron chi connectivity index (χ3n) is 3.53. The zero-order valence-electron chi connectivity index (χ0n) is 14.5. The summed E-state index contributed by atoms with van der Waals surface area (Å²) in [6.45, 7) is 10.2. The Bertz CT molecular complexity index is 213. The van der Waals surface area contributed by atoms with E-state index in [1.807, 2.05) is 20.8 Å². The Balaban J connectivity index is 4.11. The summed E-state index contributed by atoms with van der Waals surface area (Å²) in [6, 6.07) is 0.